The second-order valence-electron chi connectivity index (χ2n) is 4.47. The summed E-state index contributed by atoms with van der Waals surface area (Å²) in [4.78, 5) is 13.3. The fourth-order valence-corrected chi connectivity index (χ4v) is 2.48. The number of β-amino-alcohol motifs (C(OH)–C–C–N with tert-alkyl or cyclic N) is 1. The van der Waals surface area contributed by atoms with Gasteiger partial charge in [0.2, 0.25) is 5.91 Å². The van der Waals surface area contributed by atoms with Gasteiger partial charge in [-0.25, -0.2) is 0 Å². The molecule has 1 aliphatic heterocycles. The number of aliphatic hydroxyl groups excluding tert-OH is 1. The Balaban J connectivity index is 1.92. The molecule has 0 aromatic rings. The standard InChI is InChI=1S/C10H18N2O2/c11-7-1-3-8(4-2-7)12-6-9(13)5-10(12)14/h7-9,13H,1-6,11H2. The zero-order chi connectivity index (χ0) is 10.1. The summed E-state index contributed by atoms with van der Waals surface area (Å²) < 4.78 is 0. The lowest BCUT2D eigenvalue weighted by Gasteiger charge is -2.33. The molecule has 1 unspecified atom stereocenters. The molecule has 1 amide bonds. The van der Waals surface area contributed by atoms with E-state index in [4.69, 9.17) is 5.73 Å². The molecule has 4 nitrogen and oxygen atoms in total. The third-order valence-corrected chi connectivity index (χ3v) is 3.32. The summed E-state index contributed by atoms with van der Waals surface area (Å²) in [5.41, 5.74) is 5.80. The first-order valence-corrected chi connectivity index (χ1v) is 5.40. The van der Waals surface area contributed by atoms with Crippen molar-refractivity contribution in [1.29, 1.82) is 0 Å². The van der Waals surface area contributed by atoms with Gasteiger partial charge in [0.25, 0.3) is 0 Å². The second kappa shape index (κ2) is 3.87. The number of nitrogens with zero attached hydrogens (tertiary/aromatic N) is 1. The van der Waals surface area contributed by atoms with Crippen LogP contribution in [0.2, 0.25) is 0 Å². The minimum absolute atomic E-state index is 0.109. The van der Waals surface area contributed by atoms with Crippen molar-refractivity contribution in [3.05, 3.63) is 0 Å². The first-order valence-electron chi connectivity index (χ1n) is 5.40. The Bertz CT molecular complexity index is 224. The lowest BCUT2D eigenvalue weighted by atomic mass is 9.91. The van der Waals surface area contributed by atoms with Gasteiger partial charge in [-0.05, 0) is 25.7 Å². The third kappa shape index (κ3) is 1.91. The van der Waals surface area contributed by atoms with E-state index < -0.39 is 6.10 Å². The van der Waals surface area contributed by atoms with Crippen molar-refractivity contribution in [3.63, 3.8) is 0 Å². The summed E-state index contributed by atoms with van der Waals surface area (Å²) in [6, 6.07) is 0.647. The van der Waals surface area contributed by atoms with Gasteiger partial charge in [0.1, 0.15) is 0 Å². The van der Waals surface area contributed by atoms with Crippen molar-refractivity contribution < 1.29 is 9.90 Å². The second-order valence-corrected chi connectivity index (χ2v) is 4.47. The van der Waals surface area contributed by atoms with E-state index >= 15 is 0 Å². The number of aliphatic hydroxyl groups is 1. The summed E-state index contributed by atoms with van der Waals surface area (Å²) in [6.45, 7) is 0.527. The molecule has 0 aromatic carbocycles. The predicted molar refractivity (Wildman–Crippen MR) is 52.6 cm³/mol. The molecule has 0 aromatic heterocycles. The lowest BCUT2D eigenvalue weighted by Crippen LogP contribution is -2.41. The minimum Gasteiger partial charge on any atom is -0.391 e. The summed E-state index contributed by atoms with van der Waals surface area (Å²) in [5.74, 6) is 0.109. The van der Waals surface area contributed by atoms with E-state index in [0.717, 1.165) is 25.7 Å². The maximum absolute atomic E-state index is 11.5. The Morgan fingerprint density at radius 1 is 1.29 bits per heavy atom. The van der Waals surface area contributed by atoms with Gasteiger partial charge in [0.15, 0.2) is 0 Å². The van der Waals surface area contributed by atoms with Crippen molar-refractivity contribution in [2.45, 2.75) is 50.3 Å². The topological polar surface area (TPSA) is 66.6 Å². The highest BCUT2D eigenvalue weighted by Crippen LogP contribution is 2.25. The van der Waals surface area contributed by atoms with Gasteiger partial charge < -0.3 is 15.7 Å². The highest BCUT2D eigenvalue weighted by Gasteiger charge is 2.34. The summed E-state index contributed by atoms with van der Waals surface area (Å²) in [5, 5.41) is 9.37. The molecular formula is C10H18N2O2. The van der Waals surface area contributed by atoms with Crippen molar-refractivity contribution in [3.8, 4) is 0 Å². The summed E-state index contributed by atoms with van der Waals surface area (Å²) in [6.07, 6.45) is 3.87. The van der Waals surface area contributed by atoms with Gasteiger partial charge >= 0.3 is 0 Å². The van der Waals surface area contributed by atoms with Crippen molar-refractivity contribution >= 4 is 5.91 Å². The number of nitrogens with two attached hydrogens (primary N) is 1. The molecular weight excluding hydrogens is 180 g/mol. The number of rotatable bonds is 1. The number of amides is 1. The van der Waals surface area contributed by atoms with Crippen LogP contribution in [0.3, 0.4) is 0 Å². The van der Waals surface area contributed by atoms with Gasteiger partial charge in [-0.2, -0.15) is 0 Å². The van der Waals surface area contributed by atoms with Crippen LogP contribution >= 0.6 is 0 Å². The zero-order valence-corrected chi connectivity index (χ0v) is 8.35. The molecule has 1 saturated carbocycles. The molecule has 1 aliphatic carbocycles. The molecule has 2 rings (SSSR count). The molecule has 2 aliphatic rings. The Kier molecular flexibility index (Phi) is 2.74. The van der Waals surface area contributed by atoms with Crippen LogP contribution in [0.1, 0.15) is 32.1 Å². The van der Waals surface area contributed by atoms with Crippen LogP contribution in [-0.2, 0) is 4.79 Å². The smallest absolute Gasteiger partial charge is 0.225 e. The van der Waals surface area contributed by atoms with Crippen LogP contribution in [-0.4, -0.2) is 40.6 Å². The molecule has 0 radical (unpaired) electrons. The van der Waals surface area contributed by atoms with Crippen LogP contribution in [0.4, 0.5) is 0 Å². The molecule has 80 valence electrons. The molecule has 1 atom stereocenters. The van der Waals surface area contributed by atoms with Gasteiger partial charge in [0.05, 0.1) is 12.5 Å². The first-order chi connectivity index (χ1) is 6.66. The van der Waals surface area contributed by atoms with E-state index in [1.807, 2.05) is 4.90 Å². The summed E-state index contributed by atoms with van der Waals surface area (Å²) >= 11 is 0. The van der Waals surface area contributed by atoms with E-state index in [1.165, 1.54) is 0 Å². The molecule has 1 heterocycles. The van der Waals surface area contributed by atoms with Crippen LogP contribution in [0.15, 0.2) is 0 Å². The highest BCUT2D eigenvalue weighted by atomic mass is 16.3. The van der Waals surface area contributed by atoms with Crippen LogP contribution in [0, 0.1) is 0 Å². The van der Waals surface area contributed by atoms with Gasteiger partial charge in [0, 0.05) is 18.6 Å². The van der Waals surface area contributed by atoms with Crippen LogP contribution < -0.4 is 5.73 Å². The van der Waals surface area contributed by atoms with Crippen molar-refractivity contribution in [2.24, 2.45) is 5.73 Å². The number of hydrogen-bond donors (Lipinski definition) is 2. The minimum atomic E-state index is -0.446. The van der Waals surface area contributed by atoms with E-state index in [9.17, 15) is 9.90 Å². The summed E-state index contributed by atoms with van der Waals surface area (Å²) in [7, 11) is 0. The maximum atomic E-state index is 11.5. The van der Waals surface area contributed by atoms with E-state index in [0.29, 0.717) is 25.0 Å². The normalized spacial score (nSPS) is 39.1. The van der Waals surface area contributed by atoms with E-state index in [2.05, 4.69) is 0 Å². The molecule has 14 heavy (non-hydrogen) atoms. The third-order valence-electron chi connectivity index (χ3n) is 3.32. The fourth-order valence-electron chi connectivity index (χ4n) is 2.48. The predicted octanol–water partition coefficient (Wildman–Crippen LogP) is -0.151. The Labute approximate surface area is 84.1 Å². The Morgan fingerprint density at radius 3 is 2.43 bits per heavy atom. The van der Waals surface area contributed by atoms with Crippen LogP contribution in [0.5, 0.6) is 0 Å². The van der Waals surface area contributed by atoms with E-state index in [1.54, 1.807) is 0 Å². The first kappa shape index (κ1) is 9.93. The Morgan fingerprint density at radius 2 is 1.93 bits per heavy atom. The highest BCUT2D eigenvalue weighted by molar-refractivity contribution is 5.79. The molecule has 3 N–H and O–H groups in total. The molecule has 2 fully saturated rings. The number of carbonyl (C=O) groups excluding carboxylic acids is 1. The average molecular weight is 198 g/mol. The van der Waals surface area contributed by atoms with Crippen molar-refractivity contribution in [1.82, 2.24) is 4.90 Å². The largest absolute Gasteiger partial charge is 0.391 e. The Hall–Kier alpha value is -0.610. The fraction of sp³-hybridized carbons (Fsp3) is 0.900. The molecule has 1 saturated heterocycles. The number of hydrogen-bond acceptors (Lipinski definition) is 3. The number of likely N-dealkylation sites (tertiary alicyclic amines) is 1. The SMILES string of the molecule is NC1CCC(N2CC(O)CC2=O)CC1. The van der Waals surface area contributed by atoms with Crippen molar-refractivity contribution in [2.75, 3.05) is 6.54 Å². The van der Waals surface area contributed by atoms with Gasteiger partial charge in [-0.1, -0.05) is 0 Å². The maximum Gasteiger partial charge on any atom is 0.225 e. The number of carbonyl (C=O) groups is 1. The monoisotopic (exact) mass is 198 g/mol. The van der Waals surface area contributed by atoms with Gasteiger partial charge in [-0.3, -0.25) is 4.79 Å². The van der Waals surface area contributed by atoms with Crippen LogP contribution in [0.25, 0.3) is 0 Å². The lowest BCUT2D eigenvalue weighted by molar-refractivity contribution is -0.130. The van der Waals surface area contributed by atoms with Gasteiger partial charge in [-0.15, -0.1) is 0 Å². The molecule has 4 heteroatoms. The van der Waals surface area contributed by atoms with E-state index in [-0.39, 0.29) is 5.91 Å². The zero-order valence-electron chi connectivity index (χ0n) is 8.35. The quantitative estimate of drug-likeness (QED) is 0.615. The molecule has 0 spiro atoms. The average Bonchev–Trinajstić information content (AvgIpc) is 2.47. The molecule has 0 bridgehead atoms.